The van der Waals surface area contributed by atoms with Crippen molar-refractivity contribution < 1.29 is 13.9 Å². The summed E-state index contributed by atoms with van der Waals surface area (Å²) in [7, 11) is 0. The summed E-state index contributed by atoms with van der Waals surface area (Å²) in [6, 6.07) is 9.58. The fraction of sp³-hybridized carbons (Fsp3) is 0.357. The minimum atomic E-state index is -0.229. The summed E-state index contributed by atoms with van der Waals surface area (Å²) in [5, 5.41) is 8.00. The Kier molecular flexibility index (Phi) is 5.17. The van der Waals surface area contributed by atoms with E-state index in [1.807, 2.05) is 37.3 Å². The van der Waals surface area contributed by atoms with Gasteiger partial charge in [-0.25, -0.2) is 0 Å². The van der Waals surface area contributed by atoms with E-state index < -0.39 is 0 Å². The monoisotopic (exact) mass is 292 g/mol. The first-order valence-electron chi connectivity index (χ1n) is 6.36. The second-order valence-corrected chi connectivity index (χ2v) is 5.40. The van der Waals surface area contributed by atoms with Crippen LogP contribution in [0.25, 0.3) is 11.5 Å². The van der Waals surface area contributed by atoms with Crippen molar-refractivity contribution in [1.82, 2.24) is 10.2 Å². The summed E-state index contributed by atoms with van der Waals surface area (Å²) in [4.78, 5) is 11.3. The molecule has 0 aliphatic heterocycles. The van der Waals surface area contributed by atoms with Crippen LogP contribution in [0.2, 0.25) is 0 Å². The molecule has 1 heterocycles. The molecule has 2 aromatic rings. The maximum atomic E-state index is 11.3. The van der Waals surface area contributed by atoms with Gasteiger partial charge in [-0.1, -0.05) is 18.2 Å². The van der Waals surface area contributed by atoms with Crippen LogP contribution >= 0.6 is 11.8 Å². The van der Waals surface area contributed by atoms with Gasteiger partial charge < -0.3 is 9.15 Å². The van der Waals surface area contributed by atoms with Crippen molar-refractivity contribution in [2.45, 2.75) is 19.1 Å². The van der Waals surface area contributed by atoms with Gasteiger partial charge in [0, 0.05) is 5.56 Å². The first kappa shape index (κ1) is 14.6. The Morgan fingerprint density at radius 3 is 2.80 bits per heavy atom. The van der Waals surface area contributed by atoms with Crippen molar-refractivity contribution in [3.63, 3.8) is 0 Å². The predicted molar refractivity (Wildman–Crippen MR) is 77.2 cm³/mol. The quantitative estimate of drug-likeness (QED) is 0.762. The van der Waals surface area contributed by atoms with E-state index in [-0.39, 0.29) is 17.0 Å². The maximum Gasteiger partial charge on any atom is 0.315 e. The molecule has 0 aliphatic carbocycles. The summed E-state index contributed by atoms with van der Waals surface area (Å²) in [6.07, 6.45) is 0. The second-order valence-electron chi connectivity index (χ2n) is 4.07. The van der Waals surface area contributed by atoms with E-state index in [0.29, 0.717) is 18.4 Å². The lowest BCUT2D eigenvalue weighted by Gasteiger charge is -2.05. The highest BCUT2D eigenvalue weighted by molar-refractivity contribution is 8.00. The number of thioether (sulfide) groups is 1. The van der Waals surface area contributed by atoms with Crippen LogP contribution in [-0.4, -0.2) is 28.5 Å². The first-order chi connectivity index (χ1) is 9.70. The topological polar surface area (TPSA) is 65.2 Å². The Bertz CT molecular complexity index is 557. The van der Waals surface area contributed by atoms with Crippen LogP contribution in [-0.2, 0) is 9.53 Å². The zero-order chi connectivity index (χ0) is 14.4. The molecule has 0 amide bonds. The third kappa shape index (κ3) is 3.84. The van der Waals surface area contributed by atoms with E-state index in [4.69, 9.17) is 9.15 Å². The van der Waals surface area contributed by atoms with Crippen molar-refractivity contribution in [2.75, 3.05) is 12.4 Å². The van der Waals surface area contributed by atoms with E-state index in [2.05, 4.69) is 10.2 Å². The number of hydrogen-bond donors (Lipinski definition) is 0. The third-order valence-corrected chi connectivity index (χ3v) is 3.67. The molecular formula is C14H16N2O3S. The number of aromatic nitrogens is 2. The van der Waals surface area contributed by atoms with Gasteiger partial charge in [-0.3, -0.25) is 4.79 Å². The molecule has 106 valence electrons. The maximum absolute atomic E-state index is 11.3. The molecule has 0 saturated heterocycles. The lowest BCUT2D eigenvalue weighted by molar-refractivity contribution is -0.139. The molecule has 0 bridgehead atoms. The molecular weight excluding hydrogens is 276 g/mol. The highest BCUT2D eigenvalue weighted by Crippen LogP contribution is 2.29. The van der Waals surface area contributed by atoms with Crippen molar-refractivity contribution in [3.05, 3.63) is 36.2 Å². The standard InChI is InChI=1S/C14H16N2O3S/c1-3-18-12(17)9-20-10(2)13-15-16-14(19-13)11-7-5-4-6-8-11/h4-8,10H,3,9H2,1-2H3/t10-/m0/s1. The number of esters is 1. The highest BCUT2D eigenvalue weighted by atomic mass is 32.2. The molecule has 5 nitrogen and oxygen atoms in total. The molecule has 1 aromatic heterocycles. The molecule has 0 aliphatic rings. The van der Waals surface area contributed by atoms with Crippen LogP contribution in [0, 0.1) is 0 Å². The summed E-state index contributed by atoms with van der Waals surface area (Å²) in [5.41, 5.74) is 0.883. The van der Waals surface area contributed by atoms with Crippen LogP contribution in [0.1, 0.15) is 25.0 Å². The first-order valence-corrected chi connectivity index (χ1v) is 7.41. The minimum absolute atomic E-state index is 0.0515. The molecule has 6 heteroatoms. The SMILES string of the molecule is CCOC(=O)CS[C@@H](C)c1nnc(-c2ccccc2)o1. The average molecular weight is 292 g/mol. The fourth-order valence-corrected chi connectivity index (χ4v) is 2.27. The zero-order valence-electron chi connectivity index (χ0n) is 11.4. The molecule has 1 atom stereocenters. The van der Waals surface area contributed by atoms with Crippen LogP contribution in [0.5, 0.6) is 0 Å². The molecule has 0 radical (unpaired) electrons. The van der Waals surface area contributed by atoms with Gasteiger partial charge in [0.15, 0.2) is 0 Å². The van der Waals surface area contributed by atoms with Crippen LogP contribution in [0.15, 0.2) is 34.7 Å². The Balaban J connectivity index is 1.96. The van der Waals surface area contributed by atoms with Gasteiger partial charge >= 0.3 is 5.97 Å². The third-order valence-electron chi connectivity index (χ3n) is 2.57. The van der Waals surface area contributed by atoms with Gasteiger partial charge in [0.25, 0.3) is 0 Å². The molecule has 1 aromatic carbocycles. The van der Waals surface area contributed by atoms with Gasteiger partial charge in [0.1, 0.15) is 0 Å². The molecule has 0 unspecified atom stereocenters. The zero-order valence-corrected chi connectivity index (χ0v) is 12.2. The minimum Gasteiger partial charge on any atom is -0.465 e. The summed E-state index contributed by atoms with van der Waals surface area (Å²) in [6.45, 7) is 4.11. The predicted octanol–water partition coefficient (Wildman–Crippen LogP) is 3.09. The van der Waals surface area contributed by atoms with Crippen LogP contribution in [0.4, 0.5) is 0 Å². The summed E-state index contributed by atoms with van der Waals surface area (Å²) in [5.74, 6) is 1.05. The van der Waals surface area contributed by atoms with Crippen LogP contribution < -0.4 is 0 Å². The smallest absolute Gasteiger partial charge is 0.315 e. The van der Waals surface area contributed by atoms with E-state index in [1.165, 1.54) is 11.8 Å². The van der Waals surface area contributed by atoms with E-state index in [1.54, 1.807) is 6.92 Å². The molecule has 0 fully saturated rings. The van der Waals surface area contributed by atoms with Crippen LogP contribution in [0.3, 0.4) is 0 Å². The largest absolute Gasteiger partial charge is 0.465 e. The van der Waals surface area contributed by atoms with Gasteiger partial charge in [-0.15, -0.1) is 22.0 Å². The van der Waals surface area contributed by atoms with Gasteiger partial charge in [-0.05, 0) is 26.0 Å². The lowest BCUT2D eigenvalue weighted by Crippen LogP contribution is -2.07. The molecule has 0 saturated carbocycles. The van der Waals surface area contributed by atoms with Crippen molar-refractivity contribution in [1.29, 1.82) is 0 Å². The van der Waals surface area contributed by atoms with E-state index >= 15 is 0 Å². The fourth-order valence-electron chi connectivity index (χ4n) is 1.56. The Morgan fingerprint density at radius 2 is 2.10 bits per heavy atom. The lowest BCUT2D eigenvalue weighted by atomic mass is 10.2. The molecule has 20 heavy (non-hydrogen) atoms. The van der Waals surface area contributed by atoms with Crippen molar-refractivity contribution in [3.8, 4) is 11.5 Å². The molecule has 0 N–H and O–H groups in total. The number of carbonyl (C=O) groups is 1. The van der Waals surface area contributed by atoms with Crippen molar-refractivity contribution >= 4 is 17.7 Å². The highest BCUT2D eigenvalue weighted by Gasteiger charge is 2.17. The number of hydrogen-bond acceptors (Lipinski definition) is 6. The van der Waals surface area contributed by atoms with E-state index in [9.17, 15) is 4.79 Å². The van der Waals surface area contributed by atoms with Gasteiger partial charge in [0.2, 0.25) is 11.8 Å². The van der Waals surface area contributed by atoms with Gasteiger partial charge in [0.05, 0.1) is 17.6 Å². The summed E-state index contributed by atoms with van der Waals surface area (Å²) < 4.78 is 10.5. The second kappa shape index (κ2) is 7.09. The number of nitrogens with zero attached hydrogens (tertiary/aromatic N) is 2. The van der Waals surface area contributed by atoms with E-state index in [0.717, 1.165) is 5.56 Å². The molecule has 0 spiro atoms. The Labute approximate surface area is 121 Å². The molecule has 2 rings (SSSR count). The number of carbonyl (C=O) groups excluding carboxylic acids is 1. The number of benzene rings is 1. The summed E-state index contributed by atoms with van der Waals surface area (Å²) >= 11 is 1.42. The Hall–Kier alpha value is -1.82. The Morgan fingerprint density at radius 1 is 1.35 bits per heavy atom. The number of ether oxygens (including phenoxy) is 1. The number of rotatable bonds is 6. The van der Waals surface area contributed by atoms with Gasteiger partial charge in [-0.2, -0.15) is 0 Å². The normalized spacial score (nSPS) is 12.1. The van der Waals surface area contributed by atoms with Crippen molar-refractivity contribution in [2.24, 2.45) is 0 Å². The average Bonchev–Trinajstić information content (AvgIpc) is 2.96.